The number of rotatable bonds is 2. The Balaban J connectivity index is 3.19. The molecule has 16 heavy (non-hydrogen) atoms. The number of hydrogen-bond donors (Lipinski definition) is 0. The predicted molar refractivity (Wildman–Crippen MR) is 68.1 cm³/mol. The Bertz CT molecular complexity index is 282. The molecule has 1 aliphatic rings. The molecule has 2 nitrogen and oxygen atoms in total. The molecule has 2 heteroatoms. The first-order valence-corrected chi connectivity index (χ1v) is 6.41. The Kier molecular flexibility index (Phi) is 3.42. The summed E-state index contributed by atoms with van der Waals surface area (Å²) in [5.74, 6) is 1.44. The second kappa shape index (κ2) is 4.05. The zero-order valence-electron chi connectivity index (χ0n) is 11.9. The lowest BCUT2D eigenvalue weighted by Crippen LogP contribution is -2.49. The van der Waals surface area contributed by atoms with Crippen molar-refractivity contribution in [1.29, 1.82) is 0 Å². The van der Waals surface area contributed by atoms with Gasteiger partial charge in [0.15, 0.2) is 0 Å². The Hall–Kier alpha value is -0.530. The van der Waals surface area contributed by atoms with Gasteiger partial charge in [-0.3, -0.25) is 4.79 Å². The van der Waals surface area contributed by atoms with E-state index in [1.807, 2.05) is 14.1 Å². The van der Waals surface area contributed by atoms with Gasteiger partial charge >= 0.3 is 0 Å². The molecular weight excluding hydrogens is 198 g/mol. The highest BCUT2D eigenvalue weighted by molar-refractivity contribution is 5.83. The lowest BCUT2D eigenvalue weighted by molar-refractivity contribution is -0.148. The number of amides is 1. The second-order valence-corrected chi connectivity index (χ2v) is 6.37. The van der Waals surface area contributed by atoms with Crippen LogP contribution in [0.25, 0.3) is 0 Å². The van der Waals surface area contributed by atoms with Gasteiger partial charge < -0.3 is 4.90 Å². The van der Waals surface area contributed by atoms with E-state index in [2.05, 4.69) is 34.6 Å². The SMILES string of the molecule is CCC1CC(C)C(C)(C)C1(C)C(=O)N(C)C. The van der Waals surface area contributed by atoms with E-state index in [9.17, 15) is 4.79 Å². The summed E-state index contributed by atoms with van der Waals surface area (Å²) in [6, 6.07) is 0. The molecule has 0 bridgehead atoms. The van der Waals surface area contributed by atoms with Crippen LogP contribution in [0.3, 0.4) is 0 Å². The molecule has 3 atom stereocenters. The van der Waals surface area contributed by atoms with Gasteiger partial charge in [0.25, 0.3) is 0 Å². The predicted octanol–water partition coefficient (Wildman–Crippen LogP) is 3.17. The second-order valence-electron chi connectivity index (χ2n) is 6.37. The number of carbonyl (C=O) groups is 1. The summed E-state index contributed by atoms with van der Waals surface area (Å²) in [5, 5.41) is 0. The van der Waals surface area contributed by atoms with E-state index in [0.29, 0.717) is 17.7 Å². The van der Waals surface area contributed by atoms with Gasteiger partial charge in [-0.05, 0) is 30.6 Å². The minimum Gasteiger partial charge on any atom is -0.348 e. The highest BCUT2D eigenvalue weighted by Gasteiger charge is 2.59. The fourth-order valence-electron chi connectivity index (χ4n) is 3.48. The first kappa shape index (κ1) is 13.5. The van der Waals surface area contributed by atoms with Gasteiger partial charge in [0, 0.05) is 14.1 Å². The smallest absolute Gasteiger partial charge is 0.228 e. The fourth-order valence-corrected chi connectivity index (χ4v) is 3.48. The molecule has 1 amide bonds. The molecule has 1 saturated carbocycles. The van der Waals surface area contributed by atoms with E-state index in [4.69, 9.17) is 0 Å². The molecule has 0 aromatic carbocycles. The van der Waals surface area contributed by atoms with Crippen molar-refractivity contribution in [3.8, 4) is 0 Å². The van der Waals surface area contributed by atoms with Gasteiger partial charge in [-0.1, -0.05) is 34.1 Å². The van der Waals surface area contributed by atoms with Gasteiger partial charge in [-0.2, -0.15) is 0 Å². The van der Waals surface area contributed by atoms with Crippen molar-refractivity contribution in [1.82, 2.24) is 4.90 Å². The van der Waals surface area contributed by atoms with Gasteiger partial charge in [0.05, 0.1) is 5.41 Å². The minimum atomic E-state index is -0.204. The molecular formula is C14H27NO. The summed E-state index contributed by atoms with van der Waals surface area (Å²) in [5.41, 5.74) is -0.111. The van der Waals surface area contributed by atoms with E-state index >= 15 is 0 Å². The molecule has 0 aromatic rings. The van der Waals surface area contributed by atoms with Gasteiger partial charge in [0.1, 0.15) is 0 Å². The monoisotopic (exact) mass is 225 g/mol. The summed E-state index contributed by atoms with van der Waals surface area (Å²) in [7, 11) is 3.75. The third kappa shape index (κ3) is 1.57. The summed E-state index contributed by atoms with van der Waals surface area (Å²) in [4.78, 5) is 14.3. The van der Waals surface area contributed by atoms with Crippen molar-refractivity contribution >= 4 is 5.91 Å². The third-order valence-corrected chi connectivity index (χ3v) is 5.37. The number of nitrogens with zero attached hydrogens (tertiary/aromatic N) is 1. The van der Waals surface area contributed by atoms with Crippen molar-refractivity contribution in [2.24, 2.45) is 22.7 Å². The van der Waals surface area contributed by atoms with E-state index in [0.717, 1.165) is 6.42 Å². The lowest BCUT2D eigenvalue weighted by Gasteiger charge is -2.43. The van der Waals surface area contributed by atoms with E-state index in [1.54, 1.807) is 4.90 Å². The topological polar surface area (TPSA) is 20.3 Å². The van der Waals surface area contributed by atoms with Gasteiger partial charge in [0.2, 0.25) is 5.91 Å². The van der Waals surface area contributed by atoms with Gasteiger partial charge in [-0.25, -0.2) is 0 Å². The maximum atomic E-state index is 12.5. The standard InChI is InChI=1S/C14H27NO/c1-8-11-9-10(2)13(3,4)14(11,5)12(16)15(6)7/h10-11H,8-9H2,1-7H3. The van der Waals surface area contributed by atoms with Crippen LogP contribution in [0.4, 0.5) is 0 Å². The summed E-state index contributed by atoms with van der Waals surface area (Å²) < 4.78 is 0. The van der Waals surface area contributed by atoms with Crippen LogP contribution < -0.4 is 0 Å². The normalized spacial score (nSPS) is 37.4. The average molecular weight is 225 g/mol. The summed E-state index contributed by atoms with van der Waals surface area (Å²) >= 11 is 0. The molecule has 0 aliphatic heterocycles. The first-order chi connectivity index (χ1) is 7.19. The number of carbonyl (C=O) groups excluding carboxylic acids is 1. The Morgan fingerprint density at radius 3 is 2.19 bits per heavy atom. The van der Waals surface area contributed by atoms with Crippen LogP contribution in [0, 0.1) is 22.7 Å². The molecule has 1 aliphatic carbocycles. The quantitative estimate of drug-likeness (QED) is 0.707. The van der Waals surface area contributed by atoms with Crippen LogP contribution in [0.5, 0.6) is 0 Å². The van der Waals surface area contributed by atoms with Crippen molar-refractivity contribution in [3.05, 3.63) is 0 Å². The average Bonchev–Trinajstić information content (AvgIpc) is 2.38. The molecule has 1 fully saturated rings. The minimum absolute atomic E-state index is 0.0923. The van der Waals surface area contributed by atoms with E-state index in [-0.39, 0.29) is 10.8 Å². The largest absolute Gasteiger partial charge is 0.348 e. The highest BCUT2D eigenvalue weighted by atomic mass is 16.2. The maximum absolute atomic E-state index is 12.5. The van der Waals surface area contributed by atoms with Crippen LogP contribution in [-0.2, 0) is 4.79 Å². The Labute approximate surface area is 100 Å². The van der Waals surface area contributed by atoms with E-state index < -0.39 is 0 Å². The van der Waals surface area contributed by atoms with E-state index in [1.165, 1.54) is 6.42 Å². The van der Waals surface area contributed by atoms with Crippen molar-refractivity contribution < 1.29 is 4.79 Å². The van der Waals surface area contributed by atoms with Crippen LogP contribution >= 0.6 is 0 Å². The van der Waals surface area contributed by atoms with Crippen LogP contribution in [0.1, 0.15) is 47.5 Å². The Morgan fingerprint density at radius 1 is 1.31 bits per heavy atom. The summed E-state index contributed by atoms with van der Waals surface area (Å²) in [6.07, 6.45) is 2.28. The zero-order valence-corrected chi connectivity index (χ0v) is 11.9. The fraction of sp³-hybridized carbons (Fsp3) is 0.929. The molecule has 0 saturated heterocycles. The summed E-state index contributed by atoms with van der Waals surface area (Å²) in [6.45, 7) is 11.2. The van der Waals surface area contributed by atoms with Crippen molar-refractivity contribution in [2.75, 3.05) is 14.1 Å². The third-order valence-electron chi connectivity index (χ3n) is 5.37. The van der Waals surface area contributed by atoms with Crippen LogP contribution in [0.15, 0.2) is 0 Å². The van der Waals surface area contributed by atoms with Crippen molar-refractivity contribution in [3.63, 3.8) is 0 Å². The zero-order chi connectivity index (χ0) is 12.7. The first-order valence-electron chi connectivity index (χ1n) is 6.41. The molecule has 0 spiro atoms. The highest BCUT2D eigenvalue weighted by Crippen LogP contribution is 2.60. The molecule has 1 rings (SSSR count). The molecule has 0 aromatic heterocycles. The molecule has 94 valence electrons. The van der Waals surface area contributed by atoms with Crippen LogP contribution in [0.2, 0.25) is 0 Å². The van der Waals surface area contributed by atoms with Crippen molar-refractivity contribution in [2.45, 2.75) is 47.5 Å². The van der Waals surface area contributed by atoms with Crippen LogP contribution in [-0.4, -0.2) is 24.9 Å². The van der Waals surface area contributed by atoms with Gasteiger partial charge in [-0.15, -0.1) is 0 Å². The lowest BCUT2D eigenvalue weighted by atomic mass is 9.62. The molecule has 0 radical (unpaired) electrons. The Morgan fingerprint density at radius 2 is 1.81 bits per heavy atom. The number of hydrogen-bond acceptors (Lipinski definition) is 1. The molecule has 0 N–H and O–H groups in total. The maximum Gasteiger partial charge on any atom is 0.228 e. The molecule has 3 unspecified atom stereocenters. The molecule has 0 heterocycles.